The summed E-state index contributed by atoms with van der Waals surface area (Å²) in [6.45, 7) is 0. The first kappa shape index (κ1) is 14.9. The molecule has 0 aliphatic heterocycles. The highest BCUT2D eigenvalue weighted by atomic mass is 35.5. The molecule has 1 aromatic rings. The second kappa shape index (κ2) is 6.33. The van der Waals surface area contributed by atoms with Crippen molar-refractivity contribution in [3.8, 4) is 0 Å². The zero-order valence-electron chi connectivity index (χ0n) is 10.9. The van der Waals surface area contributed by atoms with Crippen LogP contribution < -0.4 is 0 Å². The molecule has 5 nitrogen and oxygen atoms in total. The normalized spacial score (nSPS) is 26.2. The molecule has 0 bridgehead atoms. The van der Waals surface area contributed by atoms with Crippen molar-refractivity contribution < 1.29 is 14.8 Å². The predicted molar refractivity (Wildman–Crippen MR) is 74.5 cm³/mol. The maximum atomic E-state index is 12.2. The van der Waals surface area contributed by atoms with E-state index in [0.29, 0.717) is 29.8 Å². The van der Waals surface area contributed by atoms with Gasteiger partial charge in [0.05, 0.1) is 0 Å². The van der Waals surface area contributed by atoms with Gasteiger partial charge in [-0.05, 0) is 25.0 Å². The van der Waals surface area contributed by atoms with Crippen molar-refractivity contribution in [3.05, 3.63) is 45.0 Å². The first-order valence-electron chi connectivity index (χ1n) is 6.59. The van der Waals surface area contributed by atoms with Gasteiger partial charge in [-0.2, -0.15) is 0 Å². The van der Waals surface area contributed by atoms with Gasteiger partial charge < -0.3 is 5.11 Å². The smallest absolute Gasteiger partial charge is 0.241 e. The monoisotopic (exact) mass is 297 g/mol. The largest absolute Gasteiger partial charge is 0.386 e. The van der Waals surface area contributed by atoms with E-state index < -0.39 is 23.0 Å². The number of benzene rings is 1. The number of carbonyl (C=O) groups is 1. The molecule has 1 saturated carbocycles. The molecular weight excluding hydrogens is 282 g/mol. The molecule has 1 aliphatic rings. The average Bonchev–Trinajstić information content (AvgIpc) is 2.38. The van der Waals surface area contributed by atoms with Gasteiger partial charge in [-0.1, -0.05) is 30.2 Å². The highest BCUT2D eigenvalue weighted by Crippen LogP contribution is 2.30. The van der Waals surface area contributed by atoms with Crippen LogP contribution in [0.2, 0.25) is 5.02 Å². The van der Waals surface area contributed by atoms with E-state index in [9.17, 15) is 20.0 Å². The number of halogens is 1. The summed E-state index contributed by atoms with van der Waals surface area (Å²) in [6.07, 6.45) is 0.834. The Hall–Kier alpha value is -1.46. The molecule has 0 saturated heterocycles. The Morgan fingerprint density at radius 1 is 1.45 bits per heavy atom. The number of carbonyl (C=O) groups excluding carboxylic acids is 1. The lowest BCUT2D eigenvalue weighted by atomic mass is 9.79. The Morgan fingerprint density at radius 2 is 2.20 bits per heavy atom. The fourth-order valence-electron chi connectivity index (χ4n) is 2.80. The van der Waals surface area contributed by atoms with Crippen molar-refractivity contribution in [1.29, 1.82) is 0 Å². The fourth-order valence-corrected chi connectivity index (χ4v) is 2.99. The molecule has 1 N–H and O–H groups in total. The van der Waals surface area contributed by atoms with Crippen LogP contribution in [0.15, 0.2) is 24.3 Å². The lowest BCUT2D eigenvalue weighted by molar-refractivity contribution is -0.547. The van der Waals surface area contributed by atoms with Gasteiger partial charge in [-0.3, -0.25) is 14.9 Å². The Bertz CT molecular complexity index is 520. The van der Waals surface area contributed by atoms with Crippen molar-refractivity contribution in [3.63, 3.8) is 0 Å². The third kappa shape index (κ3) is 3.35. The molecule has 0 spiro atoms. The zero-order chi connectivity index (χ0) is 14.7. The summed E-state index contributed by atoms with van der Waals surface area (Å²) in [5.74, 6) is -0.585. The van der Waals surface area contributed by atoms with E-state index in [4.69, 9.17) is 11.6 Å². The molecule has 108 valence electrons. The average molecular weight is 298 g/mol. The molecule has 2 rings (SSSR count). The summed E-state index contributed by atoms with van der Waals surface area (Å²) >= 11 is 5.83. The van der Waals surface area contributed by atoms with Crippen LogP contribution in [0.1, 0.15) is 36.0 Å². The maximum absolute atomic E-state index is 12.2. The van der Waals surface area contributed by atoms with Crippen LogP contribution in [0.4, 0.5) is 0 Å². The number of hydrogen-bond donors (Lipinski definition) is 1. The van der Waals surface area contributed by atoms with E-state index >= 15 is 0 Å². The summed E-state index contributed by atoms with van der Waals surface area (Å²) in [5.41, 5.74) is 0.458. The van der Waals surface area contributed by atoms with Gasteiger partial charge in [0.15, 0.2) is 5.78 Å². The standard InChI is InChI=1S/C14H16ClNO4/c15-11-5-1-3-9(7-11)13(18)8-10-4-2-6-12(17)14(10)16(19)20/h1,3,5,7,10,12,14,17H,2,4,6,8H2. The van der Waals surface area contributed by atoms with Crippen molar-refractivity contribution >= 4 is 17.4 Å². The number of aliphatic hydroxyl groups excluding tert-OH is 1. The van der Waals surface area contributed by atoms with Crippen LogP contribution in [-0.4, -0.2) is 28.0 Å². The molecule has 0 amide bonds. The van der Waals surface area contributed by atoms with Gasteiger partial charge in [-0.25, -0.2) is 0 Å². The topological polar surface area (TPSA) is 80.4 Å². The molecule has 6 heteroatoms. The van der Waals surface area contributed by atoms with E-state index in [1.165, 1.54) is 0 Å². The molecule has 0 radical (unpaired) electrons. The number of aliphatic hydroxyl groups is 1. The lowest BCUT2D eigenvalue weighted by Crippen LogP contribution is -2.44. The van der Waals surface area contributed by atoms with Crippen molar-refractivity contribution in [1.82, 2.24) is 0 Å². The third-order valence-corrected chi connectivity index (χ3v) is 4.02. The van der Waals surface area contributed by atoms with Crippen molar-refractivity contribution in [2.24, 2.45) is 5.92 Å². The minimum atomic E-state index is -1.05. The lowest BCUT2D eigenvalue weighted by Gasteiger charge is -2.28. The molecule has 20 heavy (non-hydrogen) atoms. The van der Waals surface area contributed by atoms with Gasteiger partial charge in [0.25, 0.3) is 0 Å². The zero-order valence-corrected chi connectivity index (χ0v) is 11.6. The summed E-state index contributed by atoms with van der Waals surface area (Å²) < 4.78 is 0. The Labute approximate surface area is 121 Å². The maximum Gasteiger partial charge on any atom is 0.241 e. The number of nitro groups is 1. The minimum absolute atomic E-state index is 0.0725. The van der Waals surface area contributed by atoms with Gasteiger partial charge in [0.2, 0.25) is 6.04 Å². The van der Waals surface area contributed by atoms with Gasteiger partial charge >= 0.3 is 0 Å². The van der Waals surface area contributed by atoms with Crippen molar-refractivity contribution in [2.75, 3.05) is 0 Å². The van der Waals surface area contributed by atoms with Crippen LogP contribution >= 0.6 is 11.6 Å². The van der Waals surface area contributed by atoms with Crippen molar-refractivity contribution in [2.45, 2.75) is 37.8 Å². The number of nitrogens with zero attached hydrogens (tertiary/aromatic N) is 1. The summed E-state index contributed by atoms with van der Waals surface area (Å²) in [5, 5.41) is 21.3. The van der Waals surface area contributed by atoms with E-state index in [2.05, 4.69) is 0 Å². The van der Waals surface area contributed by atoms with Crippen LogP contribution in [0, 0.1) is 16.0 Å². The highest BCUT2D eigenvalue weighted by molar-refractivity contribution is 6.31. The first-order valence-corrected chi connectivity index (χ1v) is 6.97. The summed E-state index contributed by atoms with van der Waals surface area (Å²) in [4.78, 5) is 22.8. The van der Waals surface area contributed by atoms with Crippen LogP contribution in [0.25, 0.3) is 0 Å². The van der Waals surface area contributed by atoms with Crippen LogP contribution in [-0.2, 0) is 0 Å². The Balaban J connectivity index is 2.11. The number of rotatable bonds is 4. The van der Waals surface area contributed by atoms with E-state index in [0.717, 1.165) is 0 Å². The van der Waals surface area contributed by atoms with E-state index in [1.54, 1.807) is 24.3 Å². The van der Waals surface area contributed by atoms with Crippen LogP contribution in [0.5, 0.6) is 0 Å². The first-order chi connectivity index (χ1) is 9.49. The fraction of sp³-hybridized carbons (Fsp3) is 0.500. The second-order valence-electron chi connectivity index (χ2n) is 5.17. The van der Waals surface area contributed by atoms with E-state index in [-0.39, 0.29) is 12.2 Å². The second-order valence-corrected chi connectivity index (χ2v) is 5.61. The molecular formula is C14H16ClNO4. The third-order valence-electron chi connectivity index (χ3n) is 3.79. The molecule has 3 unspecified atom stereocenters. The SMILES string of the molecule is O=C(CC1CCCC(O)C1[N+](=O)[O-])c1cccc(Cl)c1. The molecule has 3 atom stereocenters. The van der Waals surface area contributed by atoms with Crippen LogP contribution in [0.3, 0.4) is 0 Å². The highest BCUT2D eigenvalue weighted by Gasteiger charge is 2.41. The molecule has 1 fully saturated rings. The minimum Gasteiger partial charge on any atom is -0.386 e. The quantitative estimate of drug-likeness (QED) is 0.526. The molecule has 0 aromatic heterocycles. The number of hydrogen-bond acceptors (Lipinski definition) is 4. The molecule has 0 heterocycles. The summed E-state index contributed by atoms with van der Waals surface area (Å²) in [6, 6.07) is 5.50. The number of Topliss-reactive ketones (excluding diaryl/α,β-unsaturated/α-hetero) is 1. The van der Waals surface area contributed by atoms with Gasteiger partial charge in [0, 0.05) is 27.8 Å². The Kier molecular flexibility index (Phi) is 4.73. The van der Waals surface area contributed by atoms with Gasteiger partial charge in [-0.15, -0.1) is 0 Å². The summed E-state index contributed by atoms with van der Waals surface area (Å²) in [7, 11) is 0. The number of ketones is 1. The van der Waals surface area contributed by atoms with E-state index in [1.807, 2.05) is 0 Å². The molecule has 1 aromatic carbocycles. The Morgan fingerprint density at radius 3 is 2.85 bits per heavy atom. The van der Waals surface area contributed by atoms with Gasteiger partial charge in [0.1, 0.15) is 6.10 Å². The molecule has 1 aliphatic carbocycles. The predicted octanol–water partition coefficient (Wildman–Crippen LogP) is 2.72.